The molecule has 10 heteroatoms. The minimum Gasteiger partial charge on any atom is -0.394 e. The number of halogens is 1. The van der Waals surface area contributed by atoms with Crippen LogP contribution in [0.1, 0.15) is 29.8 Å². The number of benzene rings is 1. The summed E-state index contributed by atoms with van der Waals surface area (Å²) in [6.07, 6.45) is 6.53. The SMILES string of the molecule is Cc1cc(F)c(C(=O)Nc2ccon2)cc1-c1cnc(NC(C)(C)CO)c(-c2cnn(C)c2)c1. The van der Waals surface area contributed by atoms with E-state index in [2.05, 4.69) is 25.9 Å². The monoisotopic (exact) mass is 464 g/mol. The molecule has 0 fully saturated rings. The summed E-state index contributed by atoms with van der Waals surface area (Å²) in [6.45, 7) is 5.39. The standard InChI is InChI=1S/C24H25FN6O3/c1-14-7-20(25)19(23(33)28-21-5-6-34-30-21)9-17(14)15-8-18(16-11-27-31(4)12-16)22(26-10-15)29-24(2,3)13-32/h5-12,32H,13H2,1-4H3,(H,26,29)(H,28,30,33). The molecule has 9 nitrogen and oxygen atoms in total. The Morgan fingerprint density at radius 3 is 2.65 bits per heavy atom. The molecule has 0 saturated heterocycles. The second-order valence-electron chi connectivity index (χ2n) is 8.68. The topological polar surface area (TPSA) is 118 Å². The lowest BCUT2D eigenvalue weighted by Gasteiger charge is -2.26. The van der Waals surface area contributed by atoms with E-state index in [-0.39, 0.29) is 18.0 Å². The average molecular weight is 465 g/mol. The first kappa shape index (κ1) is 23.1. The Bertz CT molecular complexity index is 1330. The number of pyridine rings is 1. The molecule has 3 heterocycles. The van der Waals surface area contributed by atoms with Gasteiger partial charge in [0.2, 0.25) is 0 Å². The Kier molecular flexibility index (Phi) is 6.16. The van der Waals surface area contributed by atoms with E-state index in [1.807, 2.05) is 33.2 Å². The molecular formula is C24H25FN6O3. The molecule has 4 aromatic rings. The Labute approximate surface area is 195 Å². The summed E-state index contributed by atoms with van der Waals surface area (Å²) >= 11 is 0. The highest BCUT2D eigenvalue weighted by Gasteiger charge is 2.22. The number of aliphatic hydroxyl groups is 1. The quantitative estimate of drug-likeness (QED) is 0.378. The molecule has 1 aromatic carbocycles. The van der Waals surface area contributed by atoms with E-state index >= 15 is 0 Å². The van der Waals surface area contributed by atoms with Crippen molar-refractivity contribution in [1.29, 1.82) is 0 Å². The van der Waals surface area contributed by atoms with E-state index in [4.69, 9.17) is 4.52 Å². The fourth-order valence-corrected chi connectivity index (χ4v) is 3.47. The highest BCUT2D eigenvalue weighted by molar-refractivity contribution is 6.04. The van der Waals surface area contributed by atoms with Gasteiger partial charge in [-0.2, -0.15) is 5.10 Å². The van der Waals surface area contributed by atoms with Gasteiger partial charge in [0, 0.05) is 42.2 Å². The van der Waals surface area contributed by atoms with Gasteiger partial charge in [-0.05, 0) is 50.1 Å². The molecule has 0 aliphatic heterocycles. The second kappa shape index (κ2) is 9.06. The number of aryl methyl sites for hydroxylation is 2. The number of nitrogens with zero attached hydrogens (tertiary/aromatic N) is 4. The molecule has 1 amide bonds. The predicted molar refractivity (Wildman–Crippen MR) is 126 cm³/mol. The van der Waals surface area contributed by atoms with Crippen LogP contribution in [0.25, 0.3) is 22.3 Å². The molecule has 3 N–H and O–H groups in total. The maximum atomic E-state index is 14.7. The van der Waals surface area contributed by atoms with Crippen molar-refractivity contribution in [2.24, 2.45) is 7.05 Å². The van der Waals surface area contributed by atoms with E-state index in [1.54, 1.807) is 24.0 Å². The number of aromatic nitrogens is 4. The van der Waals surface area contributed by atoms with Crippen molar-refractivity contribution in [3.63, 3.8) is 0 Å². The van der Waals surface area contributed by atoms with Gasteiger partial charge < -0.3 is 20.3 Å². The van der Waals surface area contributed by atoms with Gasteiger partial charge in [0.05, 0.1) is 23.9 Å². The lowest BCUT2D eigenvalue weighted by atomic mass is 9.96. The second-order valence-corrected chi connectivity index (χ2v) is 8.68. The fourth-order valence-electron chi connectivity index (χ4n) is 3.47. The molecule has 0 radical (unpaired) electrons. The van der Waals surface area contributed by atoms with Crippen molar-refractivity contribution in [2.75, 3.05) is 17.2 Å². The molecule has 176 valence electrons. The van der Waals surface area contributed by atoms with Crippen molar-refractivity contribution in [3.8, 4) is 22.3 Å². The highest BCUT2D eigenvalue weighted by Crippen LogP contribution is 2.34. The van der Waals surface area contributed by atoms with Gasteiger partial charge in [-0.1, -0.05) is 5.16 Å². The van der Waals surface area contributed by atoms with Crippen LogP contribution in [-0.4, -0.2) is 43.1 Å². The van der Waals surface area contributed by atoms with Gasteiger partial charge in [0.1, 0.15) is 17.9 Å². The molecule has 34 heavy (non-hydrogen) atoms. The summed E-state index contributed by atoms with van der Waals surface area (Å²) in [4.78, 5) is 17.3. The summed E-state index contributed by atoms with van der Waals surface area (Å²) in [6, 6.07) is 6.18. The van der Waals surface area contributed by atoms with Crippen LogP contribution in [0.15, 0.2) is 53.6 Å². The minimum absolute atomic E-state index is 0.0933. The molecule has 0 atom stereocenters. The third-order valence-corrected chi connectivity index (χ3v) is 5.30. The van der Waals surface area contributed by atoms with E-state index < -0.39 is 17.3 Å². The van der Waals surface area contributed by atoms with Crippen LogP contribution in [0, 0.1) is 12.7 Å². The van der Waals surface area contributed by atoms with Gasteiger partial charge in [-0.3, -0.25) is 9.48 Å². The largest absolute Gasteiger partial charge is 0.394 e. The summed E-state index contributed by atoms with van der Waals surface area (Å²) in [5.41, 5.74) is 2.82. The number of rotatable bonds is 7. The van der Waals surface area contributed by atoms with Crippen LogP contribution in [0.3, 0.4) is 0 Å². The molecule has 4 rings (SSSR count). The normalized spacial score (nSPS) is 11.5. The number of carbonyl (C=O) groups excluding carboxylic acids is 1. The maximum absolute atomic E-state index is 14.7. The summed E-state index contributed by atoms with van der Waals surface area (Å²) in [5.74, 6) is -0.532. The lowest BCUT2D eigenvalue weighted by molar-refractivity contribution is 0.102. The van der Waals surface area contributed by atoms with Crippen molar-refractivity contribution in [2.45, 2.75) is 26.3 Å². The van der Waals surface area contributed by atoms with Crippen LogP contribution in [0.2, 0.25) is 0 Å². The molecule has 0 bridgehead atoms. The maximum Gasteiger partial charge on any atom is 0.259 e. The predicted octanol–water partition coefficient (Wildman–Crippen LogP) is 4.02. The number of hydrogen-bond acceptors (Lipinski definition) is 7. The number of nitrogens with one attached hydrogen (secondary N) is 2. The van der Waals surface area contributed by atoms with E-state index in [1.165, 1.54) is 24.5 Å². The van der Waals surface area contributed by atoms with Gasteiger partial charge in [-0.25, -0.2) is 9.37 Å². The van der Waals surface area contributed by atoms with E-state index in [0.29, 0.717) is 22.5 Å². The van der Waals surface area contributed by atoms with Crippen LogP contribution < -0.4 is 10.6 Å². The number of anilines is 2. The van der Waals surface area contributed by atoms with Crippen molar-refractivity contribution in [1.82, 2.24) is 19.9 Å². The highest BCUT2D eigenvalue weighted by atomic mass is 19.1. The Balaban J connectivity index is 1.78. The molecular weight excluding hydrogens is 439 g/mol. The third kappa shape index (κ3) is 4.81. The first-order chi connectivity index (χ1) is 16.2. The fraction of sp³-hybridized carbons (Fsp3) is 0.250. The number of aliphatic hydroxyl groups excluding tert-OH is 1. The molecule has 0 saturated carbocycles. The van der Waals surface area contributed by atoms with Crippen molar-refractivity contribution >= 4 is 17.5 Å². The third-order valence-electron chi connectivity index (χ3n) is 5.30. The smallest absolute Gasteiger partial charge is 0.259 e. The van der Waals surface area contributed by atoms with Gasteiger partial charge in [0.25, 0.3) is 5.91 Å². The minimum atomic E-state index is -0.648. The molecule has 0 spiro atoms. The van der Waals surface area contributed by atoms with Crippen LogP contribution in [0.4, 0.5) is 16.0 Å². The van der Waals surface area contributed by atoms with E-state index in [0.717, 1.165) is 11.1 Å². The summed E-state index contributed by atoms with van der Waals surface area (Å²) < 4.78 is 21.1. The van der Waals surface area contributed by atoms with Crippen molar-refractivity contribution in [3.05, 3.63) is 66.1 Å². The zero-order chi connectivity index (χ0) is 24.5. The zero-order valence-electron chi connectivity index (χ0n) is 19.3. The van der Waals surface area contributed by atoms with E-state index in [9.17, 15) is 14.3 Å². The van der Waals surface area contributed by atoms with Gasteiger partial charge >= 0.3 is 0 Å². The first-order valence-electron chi connectivity index (χ1n) is 10.6. The van der Waals surface area contributed by atoms with Crippen LogP contribution in [0.5, 0.6) is 0 Å². The number of hydrogen-bond donors (Lipinski definition) is 3. The summed E-state index contributed by atoms with van der Waals surface area (Å²) in [7, 11) is 1.81. The number of carbonyl (C=O) groups is 1. The zero-order valence-corrected chi connectivity index (χ0v) is 19.3. The molecule has 0 aliphatic carbocycles. The average Bonchev–Trinajstić information content (AvgIpc) is 3.46. The van der Waals surface area contributed by atoms with Crippen LogP contribution in [-0.2, 0) is 7.05 Å². The molecule has 0 unspecified atom stereocenters. The summed E-state index contributed by atoms with van der Waals surface area (Å²) in [5, 5.41) is 23.4. The van der Waals surface area contributed by atoms with Crippen LogP contribution >= 0.6 is 0 Å². The Morgan fingerprint density at radius 2 is 2.00 bits per heavy atom. The Morgan fingerprint density at radius 1 is 1.21 bits per heavy atom. The first-order valence-corrected chi connectivity index (χ1v) is 10.6. The number of amides is 1. The lowest BCUT2D eigenvalue weighted by Crippen LogP contribution is -2.35. The Hall–Kier alpha value is -4.05. The van der Waals surface area contributed by atoms with Crippen molar-refractivity contribution < 1.29 is 18.8 Å². The van der Waals surface area contributed by atoms with Gasteiger partial charge in [-0.15, -0.1) is 0 Å². The molecule has 3 aromatic heterocycles. The molecule has 0 aliphatic rings. The van der Waals surface area contributed by atoms with Gasteiger partial charge in [0.15, 0.2) is 5.82 Å².